The average molecular weight is 261 g/mol. The summed E-state index contributed by atoms with van der Waals surface area (Å²) in [6, 6.07) is 7.60. The molecule has 1 aliphatic rings. The number of rotatable bonds is 2. The summed E-state index contributed by atoms with van der Waals surface area (Å²) in [5.41, 5.74) is 6.54. The summed E-state index contributed by atoms with van der Waals surface area (Å²) in [6.45, 7) is 7.89. The third-order valence-electron chi connectivity index (χ3n) is 3.65. The number of carbonyl (C=O) groups is 1. The van der Waals surface area contributed by atoms with Crippen molar-refractivity contribution in [3.05, 3.63) is 29.8 Å². The van der Waals surface area contributed by atoms with E-state index in [1.54, 1.807) is 0 Å². The molecule has 1 fully saturated rings. The van der Waals surface area contributed by atoms with Crippen molar-refractivity contribution in [3.8, 4) is 0 Å². The van der Waals surface area contributed by atoms with E-state index in [1.165, 1.54) is 0 Å². The number of carbonyl (C=O) groups excluding carboxylic acids is 1. The minimum absolute atomic E-state index is 0.108. The molecule has 1 saturated carbocycles. The Kier molecular flexibility index (Phi) is 3.33. The lowest BCUT2D eigenvalue weighted by atomic mass is 9.59. The fourth-order valence-corrected chi connectivity index (χ4v) is 2.83. The van der Waals surface area contributed by atoms with E-state index < -0.39 is 11.0 Å². The molecule has 2 N–H and O–H groups in total. The molecule has 1 aromatic carbocycles. The number of esters is 1. The van der Waals surface area contributed by atoms with E-state index in [2.05, 4.69) is 6.92 Å². The van der Waals surface area contributed by atoms with E-state index in [1.807, 2.05) is 45.0 Å². The lowest BCUT2D eigenvalue weighted by Crippen LogP contribution is -2.49. The summed E-state index contributed by atoms with van der Waals surface area (Å²) in [5.74, 6) is 0.452. The van der Waals surface area contributed by atoms with Crippen LogP contribution < -0.4 is 5.73 Å². The monoisotopic (exact) mass is 261 g/mol. The van der Waals surface area contributed by atoms with Gasteiger partial charge in [-0.05, 0) is 57.2 Å². The van der Waals surface area contributed by atoms with Crippen LogP contribution in [0.5, 0.6) is 0 Å². The molecule has 3 heteroatoms. The number of hydrogen-bond donors (Lipinski definition) is 1. The van der Waals surface area contributed by atoms with Crippen LogP contribution in [-0.4, -0.2) is 11.6 Å². The number of nitrogens with two attached hydrogens (primary N) is 1. The van der Waals surface area contributed by atoms with Crippen molar-refractivity contribution in [2.45, 2.75) is 51.6 Å². The highest BCUT2D eigenvalue weighted by molar-refractivity contribution is 5.85. The maximum atomic E-state index is 12.5. The average Bonchev–Trinajstić information content (AvgIpc) is 2.23. The molecule has 0 atom stereocenters. The lowest BCUT2D eigenvalue weighted by Gasteiger charge is -2.45. The SMILES string of the molecule is CC1CC(C(=O)OC(C)(C)C)(c2ccc(N)cc2)C1. The van der Waals surface area contributed by atoms with E-state index >= 15 is 0 Å². The fourth-order valence-electron chi connectivity index (χ4n) is 2.83. The highest BCUT2D eigenvalue weighted by Gasteiger charge is 2.51. The van der Waals surface area contributed by atoms with Crippen LogP contribution in [0.4, 0.5) is 5.69 Å². The third-order valence-corrected chi connectivity index (χ3v) is 3.65. The van der Waals surface area contributed by atoms with E-state index in [9.17, 15) is 4.79 Å². The molecule has 104 valence electrons. The molecule has 0 aliphatic heterocycles. The van der Waals surface area contributed by atoms with Gasteiger partial charge in [-0.1, -0.05) is 19.1 Å². The van der Waals surface area contributed by atoms with Gasteiger partial charge in [-0.15, -0.1) is 0 Å². The Bertz CT molecular complexity index is 465. The van der Waals surface area contributed by atoms with Crippen LogP contribution in [0, 0.1) is 5.92 Å². The zero-order valence-electron chi connectivity index (χ0n) is 12.2. The van der Waals surface area contributed by atoms with Crippen LogP contribution in [0.25, 0.3) is 0 Å². The molecule has 2 rings (SSSR count). The van der Waals surface area contributed by atoms with Gasteiger partial charge in [0.25, 0.3) is 0 Å². The molecule has 1 aliphatic carbocycles. The number of benzene rings is 1. The summed E-state index contributed by atoms with van der Waals surface area (Å²) in [7, 11) is 0. The summed E-state index contributed by atoms with van der Waals surface area (Å²) in [5, 5.41) is 0. The van der Waals surface area contributed by atoms with E-state index in [4.69, 9.17) is 10.5 Å². The van der Waals surface area contributed by atoms with Gasteiger partial charge in [-0.2, -0.15) is 0 Å². The Hall–Kier alpha value is -1.51. The first-order valence-corrected chi connectivity index (χ1v) is 6.82. The molecule has 0 bridgehead atoms. The zero-order chi connectivity index (χ0) is 14.3. The van der Waals surface area contributed by atoms with Gasteiger partial charge >= 0.3 is 5.97 Å². The second-order valence-corrected chi connectivity index (χ2v) is 6.72. The predicted molar refractivity (Wildman–Crippen MR) is 76.8 cm³/mol. The van der Waals surface area contributed by atoms with E-state index in [0.717, 1.165) is 24.1 Å². The predicted octanol–water partition coefficient (Wildman–Crippen LogP) is 3.28. The molecule has 3 nitrogen and oxygen atoms in total. The quantitative estimate of drug-likeness (QED) is 0.656. The van der Waals surface area contributed by atoms with Crippen LogP contribution in [-0.2, 0) is 14.9 Å². The van der Waals surface area contributed by atoms with Crippen molar-refractivity contribution in [2.24, 2.45) is 5.92 Å². The van der Waals surface area contributed by atoms with Gasteiger partial charge in [-0.3, -0.25) is 4.79 Å². The molecule has 0 heterocycles. The van der Waals surface area contributed by atoms with Gasteiger partial charge in [0.15, 0.2) is 0 Å². The second kappa shape index (κ2) is 4.55. The minimum atomic E-state index is -0.472. The second-order valence-electron chi connectivity index (χ2n) is 6.72. The van der Waals surface area contributed by atoms with Crippen molar-refractivity contribution >= 4 is 11.7 Å². The lowest BCUT2D eigenvalue weighted by molar-refractivity contribution is -0.168. The Morgan fingerprint density at radius 2 is 1.79 bits per heavy atom. The molecule has 0 aromatic heterocycles. The first-order chi connectivity index (χ1) is 8.73. The van der Waals surface area contributed by atoms with E-state index in [0.29, 0.717) is 5.92 Å². The first-order valence-electron chi connectivity index (χ1n) is 6.82. The topological polar surface area (TPSA) is 52.3 Å². The number of anilines is 1. The summed E-state index contributed by atoms with van der Waals surface area (Å²) in [6.07, 6.45) is 1.71. The normalized spacial score (nSPS) is 26.6. The molecule has 1 aromatic rings. The van der Waals surface area contributed by atoms with E-state index in [-0.39, 0.29) is 5.97 Å². The number of hydrogen-bond acceptors (Lipinski definition) is 3. The Morgan fingerprint density at radius 3 is 2.21 bits per heavy atom. The van der Waals surface area contributed by atoms with Crippen molar-refractivity contribution in [1.29, 1.82) is 0 Å². The number of nitrogen functional groups attached to an aromatic ring is 1. The van der Waals surface area contributed by atoms with Crippen LogP contribution in [0.3, 0.4) is 0 Å². The Labute approximate surface area is 115 Å². The van der Waals surface area contributed by atoms with Crippen molar-refractivity contribution in [3.63, 3.8) is 0 Å². The largest absolute Gasteiger partial charge is 0.459 e. The van der Waals surface area contributed by atoms with Gasteiger partial charge in [0.2, 0.25) is 0 Å². The van der Waals surface area contributed by atoms with Crippen molar-refractivity contribution in [1.82, 2.24) is 0 Å². The standard InChI is InChI=1S/C16H23NO2/c1-11-9-16(10-11,14(18)19-15(2,3)4)12-5-7-13(17)8-6-12/h5-8,11H,9-10,17H2,1-4H3. The molecule has 0 spiro atoms. The Morgan fingerprint density at radius 1 is 1.26 bits per heavy atom. The number of ether oxygens (including phenoxy) is 1. The Balaban J connectivity index is 2.28. The zero-order valence-corrected chi connectivity index (χ0v) is 12.2. The van der Waals surface area contributed by atoms with Crippen LogP contribution in [0.15, 0.2) is 24.3 Å². The van der Waals surface area contributed by atoms with Gasteiger partial charge in [0, 0.05) is 5.69 Å². The highest BCUT2D eigenvalue weighted by Crippen LogP contribution is 2.49. The third kappa shape index (κ3) is 2.75. The highest BCUT2D eigenvalue weighted by atomic mass is 16.6. The maximum absolute atomic E-state index is 12.5. The minimum Gasteiger partial charge on any atom is -0.459 e. The maximum Gasteiger partial charge on any atom is 0.317 e. The summed E-state index contributed by atoms with van der Waals surface area (Å²) in [4.78, 5) is 12.5. The van der Waals surface area contributed by atoms with Gasteiger partial charge in [0.1, 0.15) is 5.60 Å². The molecule has 0 unspecified atom stereocenters. The van der Waals surface area contributed by atoms with Gasteiger partial charge in [0.05, 0.1) is 5.41 Å². The first kappa shape index (κ1) is 13.9. The molecule has 0 amide bonds. The van der Waals surface area contributed by atoms with Gasteiger partial charge in [-0.25, -0.2) is 0 Å². The molecule has 0 radical (unpaired) electrons. The van der Waals surface area contributed by atoms with Crippen LogP contribution in [0.2, 0.25) is 0 Å². The van der Waals surface area contributed by atoms with Crippen LogP contribution >= 0.6 is 0 Å². The molecular formula is C16H23NO2. The smallest absolute Gasteiger partial charge is 0.317 e. The fraction of sp³-hybridized carbons (Fsp3) is 0.562. The summed E-state index contributed by atoms with van der Waals surface area (Å²) < 4.78 is 5.61. The van der Waals surface area contributed by atoms with Crippen LogP contribution in [0.1, 0.15) is 46.1 Å². The summed E-state index contributed by atoms with van der Waals surface area (Å²) >= 11 is 0. The molecule has 0 saturated heterocycles. The van der Waals surface area contributed by atoms with Crippen molar-refractivity contribution in [2.75, 3.05) is 5.73 Å². The molecular weight excluding hydrogens is 238 g/mol. The van der Waals surface area contributed by atoms with Gasteiger partial charge < -0.3 is 10.5 Å². The molecule has 19 heavy (non-hydrogen) atoms. The van der Waals surface area contributed by atoms with Crippen molar-refractivity contribution < 1.29 is 9.53 Å².